The highest BCUT2D eigenvalue weighted by atomic mass is 13.9. The first-order valence-electron chi connectivity index (χ1n) is 4.41. The molecule has 0 amide bonds. The molecule has 0 fully saturated rings. The topological polar surface area (TPSA) is 0 Å². The summed E-state index contributed by atoms with van der Waals surface area (Å²) < 4.78 is 0. The van der Waals surface area contributed by atoms with Crippen LogP contribution in [0.1, 0.15) is 40.0 Å². The molecule has 0 saturated carbocycles. The Morgan fingerprint density at radius 3 is 2.27 bits per heavy atom. The van der Waals surface area contributed by atoms with Crippen molar-refractivity contribution in [1.29, 1.82) is 0 Å². The van der Waals surface area contributed by atoms with E-state index in [1.807, 2.05) is 0 Å². The van der Waals surface area contributed by atoms with E-state index in [1.54, 1.807) is 0 Å². The average molecular weight is 151 g/mol. The summed E-state index contributed by atoms with van der Waals surface area (Å²) in [6.45, 7) is 10.4. The molecule has 1 atom stereocenters. The second-order valence-electron chi connectivity index (χ2n) is 3.60. The highest BCUT2D eigenvalue weighted by Gasteiger charge is 1.90. The Morgan fingerprint density at radius 1 is 1.18 bits per heavy atom. The molecule has 63 valence electrons. The van der Waals surface area contributed by atoms with Gasteiger partial charge < -0.3 is 0 Å². The van der Waals surface area contributed by atoms with Gasteiger partial charge >= 0.3 is 0 Å². The Bertz CT molecular complexity index is 132. The molecule has 0 aliphatic rings. The van der Waals surface area contributed by atoms with Crippen molar-refractivity contribution in [1.82, 2.24) is 0 Å². The molecular formula is C11H19. The fourth-order valence-electron chi connectivity index (χ4n) is 0.683. The molecule has 0 bridgehead atoms. The minimum atomic E-state index is 0.545. The van der Waals surface area contributed by atoms with Crippen LogP contribution in [0, 0.1) is 30.6 Å². The lowest BCUT2D eigenvalue weighted by Gasteiger charge is -1.97. The van der Waals surface area contributed by atoms with Crippen molar-refractivity contribution in [3.8, 4) is 11.8 Å². The van der Waals surface area contributed by atoms with Crippen LogP contribution in [-0.4, -0.2) is 0 Å². The van der Waals surface area contributed by atoms with E-state index in [1.165, 1.54) is 0 Å². The lowest BCUT2D eigenvalue weighted by molar-refractivity contribution is 0.657. The molecule has 0 saturated heterocycles. The van der Waals surface area contributed by atoms with Crippen LogP contribution in [0.25, 0.3) is 0 Å². The minimum absolute atomic E-state index is 0.545. The molecule has 0 aliphatic carbocycles. The summed E-state index contributed by atoms with van der Waals surface area (Å²) in [5.41, 5.74) is 0. The predicted octanol–water partition coefficient (Wildman–Crippen LogP) is 3.29. The standard InChI is InChI=1S/C11H19/c1-10(2)8-6-5-7-9-11(3)4/h10-11H,1,6,8-9H2,2-4H3. The smallest absolute Gasteiger partial charge is 0.0112 e. The fourth-order valence-corrected chi connectivity index (χ4v) is 0.683. The zero-order valence-corrected chi connectivity index (χ0v) is 7.98. The predicted molar refractivity (Wildman–Crippen MR) is 51.0 cm³/mol. The molecule has 1 radical (unpaired) electrons. The van der Waals surface area contributed by atoms with E-state index in [0.717, 1.165) is 19.3 Å². The summed E-state index contributed by atoms with van der Waals surface area (Å²) in [4.78, 5) is 0. The van der Waals surface area contributed by atoms with E-state index < -0.39 is 0 Å². The van der Waals surface area contributed by atoms with Gasteiger partial charge in [0, 0.05) is 12.8 Å². The van der Waals surface area contributed by atoms with Crippen molar-refractivity contribution in [2.45, 2.75) is 40.0 Å². The second-order valence-corrected chi connectivity index (χ2v) is 3.60. The minimum Gasteiger partial charge on any atom is -0.103 e. The molecule has 0 aromatic carbocycles. The van der Waals surface area contributed by atoms with Gasteiger partial charge in [-0.2, -0.15) is 0 Å². The number of hydrogen-bond acceptors (Lipinski definition) is 0. The molecule has 0 heteroatoms. The molecule has 0 nitrogen and oxygen atoms in total. The van der Waals surface area contributed by atoms with Crippen molar-refractivity contribution < 1.29 is 0 Å². The SMILES string of the molecule is [CH2]C(C)CCC#CCC(C)C. The van der Waals surface area contributed by atoms with Gasteiger partial charge in [-0.25, -0.2) is 0 Å². The van der Waals surface area contributed by atoms with Crippen molar-refractivity contribution >= 4 is 0 Å². The van der Waals surface area contributed by atoms with E-state index in [4.69, 9.17) is 0 Å². The van der Waals surface area contributed by atoms with Crippen molar-refractivity contribution in [2.75, 3.05) is 0 Å². The summed E-state index contributed by atoms with van der Waals surface area (Å²) in [6.07, 6.45) is 3.17. The maximum Gasteiger partial charge on any atom is 0.0112 e. The van der Waals surface area contributed by atoms with Crippen LogP contribution in [0.15, 0.2) is 0 Å². The third kappa shape index (κ3) is 9.56. The summed E-state index contributed by atoms with van der Waals surface area (Å²) in [5, 5.41) is 0. The van der Waals surface area contributed by atoms with Crippen molar-refractivity contribution in [3.05, 3.63) is 6.92 Å². The van der Waals surface area contributed by atoms with E-state index >= 15 is 0 Å². The molecule has 11 heavy (non-hydrogen) atoms. The highest BCUT2D eigenvalue weighted by Crippen LogP contribution is 2.02. The van der Waals surface area contributed by atoms with Crippen molar-refractivity contribution in [2.24, 2.45) is 11.8 Å². The van der Waals surface area contributed by atoms with Crippen LogP contribution in [0.5, 0.6) is 0 Å². The van der Waals surface area contributed by atoms with Gasteiger partial charge in [0.25, 0.3) is 0 Å². The van der Waals surface area contributed by atoms with Gasteiger partial charge in [-0.1, -0.05) is 27.7 Å². The third-order valence-corrected chi connectivity index (χ3v) is 1.40. The average Bonchev–Trinajstić information content (AvgIpc) is 1.85. The summed E-state index contributed by atoms with van der Waals surface area (Å²) >= 11 is 0. The molecule has 0 heterocycles. The van der Waals surface area contributed by atoms with Crippen LogP contribution in [0.3, 0.4) is 0 Å². The first-order valence-corrected chi connectivity index (χ1v) is 4.41. The second kappa shape index (κ2) is 6.28. The Hall–Kier alpha value is -0.440. The first kappa shape index (κ1) is 10.6. The Kier molecular flexibility index (Phi) is 6.03. The van der Waals surface area contributed by atoms with Gasteiger partial charge in [-0.15, -0.1) is 11.8 Å². The molecule has 1 unspecified atom stereocenters. The first-order chi connectivity index (χ1) is 5.13. The monoisotopic (exact) mass is 151 g/mol. The van der Waals surface area contributed by atoms with Crippen molar-refractivity contribution in [3.63, 3.8) is 0 Å². The zero-order chi connectivity index (χ0) is 8.69. The van der Waals surface area contributed by atoms with Gasteiger partial charge in [-0.3, -0.25) is 0 Å². The van der Waals surface area contributed by atoms with Gasteiger partial charge in [0.05, 0.1) is 0 Å². The van der Waals surface area contributed by atoms with E-state index in [-0.39, 0.29) is 0 Å². The molecule has 0 rings (SSSR count). The number of rotatable bonds is 3. The van der Waals surface area contributed by atoms with Crippen LogP contribution in [-0.2, 0) is 0 Å². The Balaban J connectivity index is 3.26. The summed E-state index contributed by atoms with van der Waals surface area (Å²) in [7, 11) is 0. The number of hydrogen-bond donors (Lipinski definition) is 0. The van der Waals surface area contributed by atoms with E-state index in [9.17, 15) is 0 Å². The largest absolute Gasteiger partial charge is 0.103 e. The molecule has 0 spiro atoms. The Labute approximate surface area is 71.4 Å². The van der Waals surface area contributed by atoms with Crippen LogP contribution in [0.2, 0.25) is 0 Å². The molecule has 0 aromatic heterocycles. The van der Waals surface area contributed by atoms with Crippen LogP contribution < -0.4 is 0 Å². The lowest BCUT2D eigenvalue weighted by atomic mass is 10.1. The molecule has 0 aromatic rings. The normalized spacial score (nSPS) is 10.0. The van der Waals surface area contributed by atoms with Gasteiger partial charge in [0.1, 0.15) is 0 Å². The van der Waals surface area contributed by atoms with E-state index in [2.05, 4.69) is 39.5 Å². The fraction of sp³-hybridized carbons (Fsp3) is 0.727. The third-order valence-electron chi connectivity index (χ3n) is 1.40. The maximum atomic E-state index is 3.90. The van der Waals surface area contributed by atoms with Gasteiger partial charge in [0.2, 0.25) is 0 Å². The lowest BCUT2D eigenvalue weighted by Crippen LogP contribution is -1.85. The summed E-state index contributed by atoms with van der Waals surface area (Å²) in [5.74, 6) is 7.57. The van der Waals surface area contributed by atoms with Gasteiger partial charge in [-0.05, 0) is 18.3 Å². The molecular weight excluding hydrogens is 132 g/mol. The maximum absolute atomic E-state index is 3.90. The van der Waals surface area contributed by atoms with E-state index in [0.29, 0.717) is 11.8 Å². The van der Waals surface area contributed by atoms with Crippen LogP contribution in [0.4, 0.5) is 0 Å². The zero-order valence-electron chi connectivity index (χ0n) is 7.98. The highest BCUT2D eigenvalue weighted by molar-refractivity contribution is 4.99. The Morgan fingerprint density at radius 2 is 1.82 bits per heavy atom. The van der Waals surface area contributed by atoms with Gasteiger partial charge in [0.15, 0.2) is 0 Å². The molecule has 0 N–H and O–H groups in total. The van der Waals surface area contributed by atoms with Crippen LogP contribution >= 0.6 is 0 Å². The quantitative estimate of drug-likeness (QED) is 0.543. The summed E-state index contributed by atoms with van der Waals surface area (Å²) in [6, 6.07) is 0. The molecule has 0 aliphatic heterocycles.